The highest BCUT2D eigenvalue weighted by Crippen LogP contribution is 2.32. The van der Waals surface area contributed by atoms with E-state index >= 15 is 0 Å². The molecule has 2 aromatic rings. The average Bonchev–Trinajstić information content (AvgIpc) is 2.47. The summed E-state index contributed by atoms with van der Waals surface area (Å²) in [4.78, 5) is 10.4. The molecule has 112 valence electrons. The van der Waals surface area contributed by atoms with Crippen molar-refractivity contribution >= 4 is 29.2 Å². The second-order valence-corrected chi connectivity index (χ2v) is 6.25. The summed E-state index contributed by atoms with van der Waals surface area (Å²) in [6, 6.07) is 7.83. The van der Waals surface area contributed by atoms with Gasteiger partial charge in [0.1, 0.15) is 16.7 Å². The molecule has 0 aliphatic rings. The summed E-state index contributed by atoms with van der Waals surface area (Å²) < 4.78 is 0. The number of aryl methyl sites for hydroxylation is 1. The largest absolute Gasteiger partial charge is 0.370 e. The first kappa shape index (κ1) is 16.1. The Labute approximate surface area is 135 Å². The van der Waals surface area contributed by atoms with Gasteiger partial charge in [-0.25, -0.2) is 9.97 Å². The molecule has 0 radical (unpaired) electrons. The van der Waals surface area contributed by atoms with E-state index in [1.165, 1.54) is 0 Å². The van der Waals surface area contributed by atoms with Crippen molar-refractivity contribution in [1.29, 1.82) is 0 Å². The summed E-state index contributed by atoms with van der Waals surface area (Å²) in [5, 5.41) is 5.08. The molecule has 1 heterocycles. The summed E-state index contributed by atoms with van der Waals surface area (Å²) >= 11 is 7.59. The molecule has 0 aliphatic heterocycles. The third-order valence-electron chi connectivity index (χ3n) is 2.99. The Bertz CT molecular complexity index is 599. The van der Waals surface area contributed by atoms with Gasteiger partial charge < -0.3 is 5.32 Å². The summed E-state index contributed by atoms with van der Waals surface area (Å²) in [6.07, 6.45) is 1.94. The van der Waals surface area contributed by atoms with Crippen LogP contribution in [0.15, 0.2) is 34.2 Å². The first-order chi connectivity index (χ1) is 10.1. The third-order valence-corrected chi connectivity index (χ3v) is 4.34. The van der Waals surface area contributed by atoms with Crippen LogP contribution in [0.1, 0.15) is 31.7 Å². The smallest absolute Gasteiger partial charge is 0.133 e. The van der Waals surface area contributed by atoms with Crippen LogP contribution in [0.25, 0.3) is 0 Å². The molecule has 5 heteroatoms. The first-order valence-electron chi connectivity index (χ1n) is 7.18. The second-order valence-electron chi connectivity index (χ2n) is 4.75. The number of halogens is 1. The van der Waals surface area contributed by atoms with Crippen LogP contribution in [0.3, 0.4) is 0 Å². The van der Waals surface area contributed by atoms with Gasteiger partial charge in [-0.05, 0) is 44.5 Å². The summed E-state index contributed by atoms with van der Waals surface area (Å²) in [5.41, 5.74) is 1.09. The van der Waals surface area contributed by atoms with Gasteiger partial charge in [-0.15, -0.1) is 0 Å². The SMILES string of the molecule is CCCc1nc(NCC)c(C)c(Sc2ccc(Cl)cc2)n1. The monoisotopic (exact) mass is 321 g/mol. The minimum atomic E-state index is 0.749. The van der Waals surface area contributed by atoms with Gasteiger partial charge in [-0.1, -0.05) is 30.3 Å². The standard InChI is InChI=1S/C16H20ClN3S/c1-4-6-14-19-15(18-5-2)11(3)16(20-14)21-13-9-7-12(17)8-10-13/h7-10H,4-6H2,1-3H3,(H,18,19,20). The lowest BCUT2D eigenvalue weighted by atomic mass is 10.3. The Morgan fingerprint density at radius 2 is 1.86 bits per heavy atom. The molecule has 0 saturated heterocycles. The maximum atomic E-state index is 5.93. The van der Waals surface area contributed by atoms with Gasteiger partial charge in [0.25, 0.3) is 0 Å². The maximum absolute atomic E-state index is 5.93. The highest BCUT2D eigenvalue weighted by molar-refractivity contribution is 7.99. The van der Waals surface area contributed by atoms with Crippen molar-refractivity contribution in [1.82, 2.24) is 9.97 Å². The number of nitrogens with zero attached hydrogens (tertiary/aromatic N) is 2. The molecule has 21 heavy (non-hydrogen) atoms. The molecule has 0 spiro atoms. The van der Waals surface area contributed by atoms with Gasteiger partial charge >= 0.3 is 0 Å². The van der Waals surface area contributed by atoms with Gasteiger partial charge in [0, 0.05) is 28.4 Å². The van der Waals surface area contributed by atoms with E-state index < -0.39 is 0 Å². The number of anilines is 1. The number of aromatic nitrogens is 2. The van der Waals surface area contributed by atoms with Crippen LogP contribution in [0, 0.1) is 6.92 Å². The van der Waals surface area contributed by atoms with E-state index in [-0.39, 0.29) is 0 Å². The topological polar surface area (TPSA) is 37.8 Å². The summed E-state index contributed by atoms with van der Waals surface area (Å²) in [7, 11) is 0. The van der Waals surface area contributed by atoms with Crippen LogP contribution in [-0.4, -0.2) is 16.5 Å². The molecule has 3 nitrogen and oxygen atoms in total. The van der Waals surface area contributed by atoms with E-state index in [4.69, 9.17) is 16.6 Å². The molecule has 0 atom stereocenters. The number of rotatable bonds is 6. The fourth-order valence-electron chi connectivity index (χ4n) is 1.93. The lowest BCUT2D eigenvalue weighted by Crippen LogP contribution is -2.07. The minimum Gasteiger partial charge on any atom is -0.370 e. The van der Waals surface area contributed by atoms with Gasteiger partial charge in [0.15, 0.2) is 0 Å². The van der Waals surface area contributed by atoms with Crippen LogP contribution in [-0.2, 0) is 6.42 Å². The number of benzene rings is 1. The number of hydrogen-bond donors (Lipinski definition) is 1. The van der Waals surface area contributed by atoms with E-state index in [1.54, 1.807) is 11.8 Å². The normalized spacial score (nSPS) is 10.7. The average molecular weight is 322 g/mol. The van der Waals surface area contributed by atoms with E-state index in [0.717, 1.165) is 51.5 Å². The summed E-state index contributed by atoms with van der Waals surface area (Å²) in [5.74, 6) is 1.84. The lowest BCUT2D eigenvalue weighted by Gasteiger charge is -2.12. The van der Waals surface area contributed by atoms with Gasteiger partial charge in [-0.3, -0.25) is 0 Å². The number of hydrogen-bond acceptors (Lipinski definition) is 4. The summed E-state index contributed by atoms with van der Waals surface area (Å²) in [6.45, 7) is 7.13. The molecule has 0 bridgehead atoms. The predicted molar refractivity (Wildman–Crippen MR) is 90.5 cm³/mol. The minimum absolute atomic E-state index is 0.749. The predicted octanol–water partition coefficient (Wildman–Crippen LogP) is 4.97. The number of nitrogens with one attached hydrogen (secondary N) is 1. The first-order valence-corrected chi connectivity index (χ1v) is 8.38. The van der Waals surface area contributed by atoms with Crippen molar-refractivity contribution in [2.45, 2.75) is 43.5 Å². The highest BCUT2D eigenvalue weighted by atomic mass is 35.5. The lowest BCUT2D eigenvalue weighted by molar-refractivity contribution is 0.802. The Balaban J connectivity index is 2.33. The zero-order valence-electron chi connectivity index (χ0n) is 12.6. The molecule has 1 aromatic carbocycles. The van der Waals surface area contributed by atoms with E-state index in [9.17, 15) is 0 Å². The fraction of sp³-hybridized carbons (Fsp3) is 0.375. The van der Waals surface area contributed by atoms with Crippen LogP contribution in [0.4, 0.5) is 5.82 Å². The Morgan fingerprint density at radius 3 is 2.48 bits per heavy atom. The second kappa shape index (κ2) is 7.66. The van der Waals surface area contributed by atoms with Crippen molar-refractivity contribution in [2.24, 2.45) is 0 Å². The molecule has 0 amide bonds. The quantitative estimate of drug-likeness (QED) is 0.762. The van der Waals surface area contributed by atoms with Crippen molar-refractivity contribution in [3.63, 3.8) is 0 Å². The van der Waals surface area contributed by atoms with Crippen LogP contribution in [0.5, 0.6) is 0 Å². The molecular formula is C16H20ClN3S. The van der Waals surface area contributed by atoms with Crippen molar-refractivity contribution in [2.75, 3.05) is 11.9 Å². The maximum Gasteiger partial charge on any atom is 0.133 e. The Kier molecular flexibility index (Phi) is 5.88. The Morgan fingerprint density at radius 1 is 1.14 bits per heavy atom. The molecule has 0 aliphatic carbocycles. The fourth-order valence-corrected chi connectivity index (χ4v) is 2.95. The van der Waals surface area contributed by atoms with Crippen molar-refractivity contribution in [3.05, 3.63) is 40.7 Å². The van der Waals surface area contributed by atoms with Gasteiger partial charge in [0.05, 0.1) is 0 Å². The van der Waals surface area contributed by atoms with E-state index in [2.05, 4.69) is 31.1 Å². The van der Waals surface area contributed by atoms with Crippen LogP contribution in [0.2, 0.25) is 5.02 Å². The van der Waals surface area contributed by atoms with Crippen LogP contribution < -0.4 is 5.32 Å². The zero-order chi connectivity index (χ0) is 15.2. The van der Waals surface area contributed by atoms with Gasteiger partial charge in [-0.2, -0.15) is 0 Å². The molecule has 0 fully saturated rings. The van der Waals surface area contributed by atoms with Crippen molar-refractivity contribution < 1.29 is 0 Å². The molecule has 0 saturated carbocycles. The molecule has 1 N–H and O–H groups in total. The molecule has 1 aromatic heterocycles. The van der Waals surface area contributed by atoms with E-state index in [1.807, 2.05) is 24.3 Å². The third kappa shape index (κ3) is 4.35. The van der Waals surface area contributed by atoms with E-state index in [0.29, 0.717) is 0 Å². The molecule has 2 rings (SSSR count). The van der Waals surface area contributed by atoms with Crippen LogP contribution >= 0.6 is 23.4 Å². The van der Waals surface area contributed by atoms with Gasteiger partial charge in [0.2, 0.25) is 0 Å². The zero-order valence-corrected chi connectivity index (χ0v) is 14.2. The van der Waals surface area contributed by atoms with Crippen molar-refractivity contribution in [3.8, 4) is 0 Å². The highest BCUT2D eigenvalue weighted by Gasteiger charge is 2.11. The Hall–Kier alpha value is -1.26. The molecular weight excluding hydrogens is 302 g/mol. The molecule has 0 unspecified atom stereocenters.